The molecule has 26 heavy (non-hydrogen) atoms. The van der Waals surface area contributed by atoms with Crippen LogP contribution in [0.5, 0.6) is 0 Å². The molecule has 6 heteroatoms. The van der Waals surface area contributed by atoms with Crippen molar-refractivity contribution in [1.29, 1.82) is 0 Å². The molecule has 2 aromatic carbocycles. The SMILES string of the molecule is CCc1cccc(C)c1NC(=O)c1ccc(-c2ccc([N+](=O)[O-])cc2)o1. The standard InChI is InChI=1S/C20H18N2O4/c1-3-14-6-4-5-13(2)19(14)21-20(23)18-12-11-17(26-18)15-7-9-16(10-8-15)22(24)25/h4-12H,3H2,1-2H3,(H,21,23). The second kappa shape index (κ2) is 7.23. The van der Waals surface area contributed by atoms with Gasteiger partial charge in [-0.2, -0.15) is 0 Å². The lowest BCUT2D eigenvalue weighted by molar-refractivity contribution is -0.384. The molecule has 132 valence electrons. The fraction of sp³-hybridized carbons (Fsp3) is 0.150. The van der Waals surface area contributed by atoms with Crippen molar-refractivity contribution in [2.24, 2.45) is 0 Å². The summed E-state index contributed by atoms with van der Waals surface area (Å²) < 4.78 is 5.64. The molecule has 0 saturated heterocycles. The van der Waals surface area contributed by atoms with Crippen molar-refractivity contribution in [3.8, 4) is 11.3 Å². The maximum atomic E-state index is 12.5. The second-order valence-electron chi connectivity index (χ2n) is 5.88. The minimum Gasteiger partial charge on any atom is -0.451 e. The molecule has 0 aliphatic carbocycles. The van der Waals surface area contributed by atoms with Crippen molar-refractivity contribution in [3.63, 3.8) is 0 Å². The van der Waals surface area contributed by atoms with Gasteiger partial charge in [0.1, 0.15) is 5.76 Å². The minimum atomic E-state index is -0.460. The Kier molecular flexibility index (Phi) is 4.84. The fourth-order valence-corrected chi connectivity index (χ4v) is 2.74. The van der Waals surface area contributed by atoms with Crippen LogP contribution in [0.15, 0.2) is 59.0 Å². The van der Waals surface area contributed by atoms with E-state index in [1.807, 2.05) is 32.0 Å². The summed E-state index contributed by atoms with van der Waals surface area (Å²) in [5, 5.41) is 13.6. The molecule has 0 atom stereocenters. The Morgan fingerprint density at radius 3 is 2.50 bits per heavy atom. The number of nitro groups is 1. The highest BCUT2D eigenvalue weighted by Gasteiger charge is 2.15. The van der Waals surface area contributed by atoms with E-state index in [0.29, 0.717) is 11.3 Å². The summed E-state index contributed by atoms with van der Waals surface area (Å²) in [6, 6.07) is 15.1. The number of rotatable bonds is 5. The van der Waals surface area contributed by atoms with Gasteiger partial charge in [0.05, 0.1) is 4.92 Å². The summed E-state index contributed by atoms with van der Waals surface area (Å²) in [7, 11) is 0. The van der Waals surface area contributed by atoms with Gasteiger partial charge < -0.3 is 9.73 Å². The highest BCUT2D eigenvalue weighted by atomic mass is 16.6. The fourth-order valence-electron chi connectivity index (χ4n) is 2.74. The van der Waals surface area contributed by atoms with Gasteiger partial charge in [-0.25, -0.2) is 0 Å². The number of anilines is 1. The number of benzene rings is 2. The molecule has 0 unspecified atom stereocenters. The average Bonchev–Trinajstić information content (AvgIpc) is 3.13. The predicted octanol–water partition coefficient (Wildman–Crippen LogP) is 4.98. The van der Waals surface area contributed by atoms with Gasteiger partial charge in [-0.1, -0.05) is 25.1 Å². The van der Waals surface area contributed by atoms with Crippen molar-refractivity contribution in [2.75, 3.05) is 5.32 Å². The molecule has 0 aliphatic heterocycles. The number of para-hydroxylation sites is 1. The number of nitrogens with one attached hydrogen (secondary N) is 1. The molecule has 6 nitrogen and oxygen atoms in total. The highest BCUT2D eigenvalue weighted by molar-refractivity contribution is 6.03. The number of carbonyl (C=O) groups excluding carboxylic acids is 1. The van der Waals surface area contributed by atoms with Crippen molar-refractivity contribution in [3.05, 3.63) is 81.6 Å². The zero-order valence-electron chi connectivity index (χ0n) is 14.5. The Morgan fingerprint density at radius 1 is 1.12 bits per heavy atom. The van der Waals surface area contributed by atoms with Gasteiger partial charge in [0.25, 0.3) is 11.6 Å². The number of hydrogen-bond donors (Lipinski definition) is 1. The first-order valence-electron chi connectivity index (χ1n) is 8.24. The van der Waals surface area contributed by atoms with Crippen molar-refractivity contribution in [2.45, 2.75) is 20.3 Å². The van der Waals surface area contributed by atoms with Crippen LogP contribution in [0.3, 0.4) is 0 Å². The van der Waals surface area contributed by atoms with Crippen LogP contribution in [0.2, 0.25) is 0 Å². The molecular formula is C20H18N2O4. The lowest BCUT2D eigenvalue weighted by atomic mass is 10.1. The van der Waals surface area contributed by atoms with Gasteiger partial charge in [0, 0.05) is 23.4 Å². The summed E-state index contributed by atoms with van der Waals surface area (Å²) in [6.07, 6.45) is 0.809. The first-order valence-corrected chi connectivity index (χ1v) is 8.24. The van der Waals surface area contributed by atoms with Crippen LogP contribution in [0, 0.1) is 17.0 Å². The number of hydrogen-bond acceptors (Lipinski definition) is 4. The molecule has 1 heterocycles. The molecule has 1 aromatic heterocycles. The summed E-state index contributed by atoms with van der Waals surface area (Å²) in [5.41, 5.74) is 3.51. The summed E-state index contributed by atoms with van der Waals surface area (Å²) in [6.45, 7) is 3.98. The molecule has 1 N–H and O–H groups in total. The van der Waals surface area contributed by atoms with Crippen LogP contribution in [0.4, 0.5) is 11.4 Å². The van der Waals surface area contributed by atoms with Gasteiger partial charge >= 0.3 is 0 Å². The van der Waals surface area contributed by atoms with E-state index in [1.165, 1.54) is 12.1 Å². The van der Waals surface area contributed by atoms with E-state index < -0.39 is 4.92 Å². The molecule has 0 fully saturated rings. The van der Waals surface area contributed by atoms with Crippen molar-refractivity contribution in [1.82, 2.24) is 0 Å². The van der Waals surface area contributed by atoms with Gasteiger partial charge in [0.2, 0.25) is 0 Å². The Bertz CT molecular complexity index is 958. The number of furan rings is 1. The third kappa shape index (κ3) is 3.49. The minimum absolute atomic E-state index is 0.00456. The van der Waals surface area contributed by atoms with E-state index >= 15 is 0 Å². The van der Waals surface area contributed by atoms with E-state index in [-0.39, 0.29) is 17.4 Å². The zero-order chi connectivity index (χ0) is 18.7. The van der Waals surface area contributed by atoms with E-state index in [2.05, 4.69) is 5.32 Å². The third-order valence-electron chi connectivity index (χ3n) is 4.17. The predicted molar refractivity (Wildman–Crippen MR) is 99.3 cm³/mol. The number of nitrogens with zero attached hydrogens (tertiary/aromatic N) is 1. The van der Waals surface area contributed by atoms with Crippen LogP contribution in [0.25, 0.3) is 11.3 Å². The first-order chi connectivity index (χ1) is 12.5. The maximum Gasteiger partial charge on any atom is 0.291 e. The highest BCUT2D eigenvalue weighted by Crippen LogP contribution is 2.26. The number of nitro benzene ring substituents is 1. The van der Waals surface area contributed by atoms with E-state index in [1.54, 1.807) is 24.3 Å². The number of amides is 1. The van der Waals surface area contributed by atoms with Gasteiger partial charge in [-0.3, -0.25) is 14.9 Å². The van der Waals surface area contributed by atoms with Gasteiger partial charge in [-0.15, -0.1) is 0 Å². The summed E-state index contributed by atoms with van der Waals surface area (Å²) >= 11 is 0. The third-order valence-corrected chi connectivity index (χ3v) is 4.17. The van der Waals surface area contributed by atoms with Gasteiger partial charge in [-0.05, 0) is 48.7 Å². The Morgan fingerprint density at radius 2 is 1.85 bits per heavy atom. The molecular weight excluding hydrogens is 332 g/mol. The molecule has 0 radical (unpaired) electrons. The van der Waals surface area contributed by atoms with Crippen molar-refractivity contribution < 1.29 is 14.1 Å². The molecule has 0 aliphatic rings. The zero-order valence-corrected chi connectivity index (χ0v) is 14.5. The Balaban J connectivity index is 1.81. The smallest absolute Gasteiger partial charge is 0.291 e. The molecule has 0 spiro atoms. The summed E-state index contributed by atoms with van der Waals surface area (Å²) in [4.78, 5) is 22.8. The number of carbonyl (C=O) groups is 1. The average molecular weight is 350 g/mol. The number of aryl methyl sites for hydroxylation is 2. The van der Waals surface area contributed by atoms with E-state index in [9.17, 15) is 14.9 Å². The van der Waals surface area contributed by atoms with Crippen LogP contribution < -0.4 is 5.32 Å². The Hall–Kier alpha value is -3.41. The van der Waals surface area contributed by atoms with E-state index in [0.717, 1.165) is 23.2 Å². The van der Waals surface area contributed by atoms with Crippen LogP contribution >= 0.6 is 0 Å². The van der Waals surface area contributed by atoms with Crippen LogP contribution in [-0.2, 0) is 6.42 Å². The topological polar surface area (TPSA) is 85.4 Å². The summed E-state index contributed by atoms with van der Waals surface area (Å²) in [5.74, 6) is 0.330. The van der Waals surface area contributed by atoms with Gasteiger partial charge in [0.15, 0.2) is 5.76 Å². The molecule has 0 saturated carbocycles. The normalized spacial score (nSPS) is 10.5. The molecule has 1 amide bonds. The monoisotopic (exact) mass is 350 g/mol. The quantitative estimate of drug-likeness (QED) is 0.519. The second-order valence-corrected chi connectivity index (χ2v) is 5.88. The first kappa shape index (κ1) is 17.4. The Labute approximate surface area is 150 Å². The van der Waals surface area contributed by atoms with Crippen molar-refractivity contribution >= 4 is 17.3 Å². The lowest BCUT2D eigenvalue weighted by Gasteiger charge is -2.11. The maximum absolute atomic E-state index is 12.5. The van der Waals surface area contributed by atoms with Crippen LogP contribution in [0.1, 0.15) is 28.6 Å². The lowest BCUT2D eigenvalue weighted by Crippen LogP contribution is -2.13. The molecule has 3 aromatic rings. The van der Waals surface area contributed by atoms with Crippen LogP contribution in [-0.4, -0.2) is 10.8 Å². The molecule has 0 bridgehead atoms. The number of non-ortho nitro benzene ring substituents is 1. The van der Waals surface area contributed by atoms with E-state index in [4.69, 9.17) is 4.42 Å². The molecule has 3 rings (SSSR count). The largest absolute Gasteiger partial charge is 0.451 e.